The third-order valence-corrected chi connectivity index (χ3v) is 6.42. The molecule has 9 heteroatoms. The van der Waals surface area contributed by atoms with Crippen LogP contribution in [-0.2, 0) is 19.1 Å². The van der Waals surface area contributed by atoms with E-state index in [1.165, 1.54) is 18.4 Å². The molecule has 1 atom stereocenters. The topological polar surface area (TPSA) is 96.2 Å². The number of ether oxygens (including phenoxy) is 3. The predicted molar refractivity (Wildman–Crippen MR) is 135 cm³/mol. The molecule has 2 aromatic carbocycles. The van der Waals surface area contributed by atoms with Crippen molar-refractivity contribution in [3.63, 3.8) is 0 Å². The normalized spacial score (nSPS) is 15.4. The van der Waals surface area contributed by atoms with Gasteiger partial charge in [-0.2, -0.15) is 0 Å². The van der Waals surface area contributed by atoms with Crippen LogP contribution in [0.5, 0.6) is 5.75 Å². The Balaban J connectivity index is 1.81. The number of thiazole rings is 1. The zero-order chi connectivity index (χ0) is 25.8. The number of esters is 2. The third-order valence-electron chi connectivity index (χ3n) is 5.44. The summed E-state index contributed by atoms with van der Waals surface area (Å²) in [6, 6.07) is 15.8. The Bertz CT molecular complexity index is 1500. The maximum atomic E-state index is 13.7. The molecule has 3 aromatic rings. The van der Waals surface area contributed by atoms with Gasteiger partial charge in [0, 0.05) is 0 Å². The van der Waals surface area contributed by atoms with Crippen LogP contribution in [0.4, 0.5) is 0 Å². The number of rotatable bonds is 7. The molecule has 1 aromatic heterocycles. The molecule has 2 heterocycles. The maximum Gasteiger partial charge on any atom is 0.343 e. The highest BCUT2D eigenvalue weighted by molar-refractivity contribution is 7.07. The van der Waals surface area contributed by atoms with Crippen LogP contribution in [0.2, 0.25) is 0 Å². The van der Waals surface area contributed by atoms with E-state index < -0.39 is 18.0 Å². The average Bonchev–Trinajstić information content (AvgIpc) is 3.16. The number of aromatic nitrogens is 1. The first-order chi connectivity index (χ1) is 17.3. The zero-order valence-corrected chi connectivity index (χ0v) is 21.2. The van der Waals surface area contributed by atoms with Crippen molar-refractivity contribution in [2.75, 3.05) is 13.7 Å². The quantitative estimate of drug-likeness (QED) is 0.457. The van der Waals surface area contributed by atoms with Gasteiger partial charge in [-0.15, -0.1) is 0 Å². The fourth-order valence-electron chi connectivity index (χ4n) is 3.86. The maximum absolute atomic E-state index is 13.7. The largest absolute Gasteiger partial charge is 0.482 e. The number of hydrogen-bond donors (Lipinski definition) is 0. The van der Waals surface area contributed by atoms with Crippen molar-refractivity contribution < 1.29 is 23.8 Å². The van der Waals surface area contributed by atoms with Gasteiger partial charge in [-0.1, -0.05) is 53.8 Å². The van der Waals surface area contributed by atoms with E-state index in [4.69, 9.17) is 9.47 Å². The minimum atomic E-state index is -0.662. The smallest absolute Gasteiger partial charge is 0.343 e. The molecule has 1 unspecified atom stereocenters. The lowest BCUT2D eigenvalue weighted by atomic mass is 9.96. The molecular formula is C27H26N2O6S. The Morgan fingerprint density at radius 1 is 1.14 bits per heavy atom. The molecule has 36 heavy (non-hydrogen) atoms. The van der Waals surface area contributed by atoms with Crippen molar-refractivity contribution in [2.24, 2.45) is 4.99 Å². The third kappa shape index (κ3) is 5.31. The summed E-state index contributed by atoms with van der Waals surface area (Å²) in [6.45, 7) is 5.10. The highest BCUT2D eigenvalue weighted by Gasteiger charge is 2.33. The number of carbonyl (C=O) groups is 2. The Morgan fingerprint density at radius 2 is 1.89 bits per heavy atom. The van der Waals surface area contributed by atoms with Crippen LogP contribution < -0.4 is 19.6 Å². The first-order valence-corrected chi connectivity index (χ1v) is 12.2. The predicted octanol–water partition coefficient (Wildman–Crippen LogP) is 2.74. The van der Waals surface area contributed by atoms with Gasteiger partial charge in [-0.05, 0) is 50.1 Å². The van der Waals surface area contributed by atoms with Crippen LogP contribution in [-0.4, -0.2) is 36.3 Å². The first kappa shape index (κ1) is 25.1. The van der Waals surface area contributed by atoms with Gasteiger partial charge in [0.2, 0.25) is 0 Å². The fourth-order valence-corrected chi connectivity index (χ4v) is 4.90. The van der Waals surface area contributed by atoms with Crippen LogP contribution in [0.15, 0.2) is 75.7 Å². The van der Waals surface area contributed by atoms with Gasteiger partial charge in [0.25, 0.3) is 5.56 Å². The minimum absolute atomic E-state index is 0.215. The molecule has 1 aliphatic rings. The van der Waals surface area contributed by atoms with E-state index in [9.17, 15) is 14.4 Å². The molecule has 0 radical (unpaired) electrons. The lowest BCUT2D eigenvalue weighted by molar-refractivity contribution is -0.144. The van der Waals surface area contributed by atoms with Crippen molar-refractivity contribution >= 4 is 29.4 Å². The highest BCUT2D eigenvalue weighted by Crippen LogP contribution is 2.30. The summed E-state index contributed by atoms with van der Waals surface area (Å²) >= 11 is 1.24. The number of carbonyl (C=O) groups excluding carboxylic acids is 2. The lowest BCUT2D eigenvalue weighted by Crippen LogP contribution is -2.40. The van der Waals surface area contributed by atoms with E-state index in [2.05, 4.69) is 9.73 Å². The summed E-state index contributed by atoms with van der Waals surface area (Å²) in [5, 5.41) is 0. The van der Waals surface area contributed by atoms with Gasteiger partial charge in [0.15, 0.2) is 11.4 Å². The van der Waals surface area contributed by atoms with Gasteiger partial charge in [-0.25, -0.2) is 14.6 Å². The molecule has 0 saturated heterocycles. The van der Waals surface area contributed by atoms with Crippen molar-refractivity contribution in [3.05, 3.63) is 96.7 Å². The molecule has 0 bridgehead atoms. The summed E-state index contributed by atoms with van der Waals surface area (Å²) < 4.78 is 17.6. The summed E-state index contributed by atoms with van der Waals surface area (Å²) in [7, 11) is 1.29. The second-order valence-corrected chi connectivity index (χ2v) is 9.39. The standard InChI is InChI=1S/C27H26N2O6S/c1-16(2)35-26(32)23-17(3)28-27-29(24(23)19-10-6-5-7-11-19)25(31)21(36-27)14-18-9-8-12-20(13-18)34-15-22(30)33-4/h5-14,16,24H,15H2,1-4H3. The Labute approximate surface area is 211 Å². The molecule has 0 fully saturated rings. The SMILES string of the molecule is COC(=O)COc1cccc(C=c2sc3n(c2=O)C(c2ccccc2)C(C(=O)OC(C)C)=C(C)N=3)c1. The highest BCUT2D eigenvalue weighted by atomic mass is 32.1. The fraction of sp³-hybridized carbons (Fsp3) is 0.259. The van der Waals surface area contributed by atoms with Crippen molar-refractivity contribution in [3.8, 4) is 5.75 Å². The van der Waals surface area contributed by atoms with Crippen LogP contribution in [0.3, 0.4) is 0 Å². The van der Waals surface area contributed by atoms with Gasteiger partial charge < -0.3 is 14.2 Å². The number of hydrogen-bond acceptors (Lipinski definition) is 8. The Morgan fingerprint density at radius 3 is 2.58 bits per heavy atom. The molecule has 0 aliphatic carbocycles. The number of allylic oxidation sites excluding steroid dienone is 1. The molecule has 8 nitrogen and oxygen atoms in total. The monoisotopic (exact) mass is 506 g/mol. The van der Waals surface area contributed by atoms with Gasteiger partial charge in [0.1, 0.15) is 5.75 Å². The van der Waals surface area contributed by atoms with Crippen molar-refractivity contribution in [1.82, 2.24) is 4.57 Å². The van der Waals surface area contributed by atoms with E-state index in [1.807, 2.05) is 36.4 Å². The number of methoxy groups -OCH3 is 1. The summed E-state index contributed by atoms with van der Waals surface area (Å²) in [6.07, 6.45) is 1.43. The lowest BCUT2D eigenvalue weighted by Gasteiger charge is -2.25. The van der Waals surface area contributed by atoms with Gasteiger partial charge >= 0.3 is 11.9 Å². The molecule has 0 spiro atoms. The van der Waals surface area contributed by atoms with Crippen molar-refractivity contribution in [1.29, 1.82) is 0 Å². The van der Waals surface area contributed by atoms with Crippen LogP contribution in [0.25, 0.3) is 6.08 Å². The minimum Gasteiger partial charge on any atom is -0.482 e. The average molecular weight is 507 g/mol. The number of fused-ring (bicyclic) bond motifs is 1. The second kappa shape index (κ2) is 10.7. The summed E-state index contributed by atoms with van der Waals surface area (Å²) in [5.41, 5.74) is 2.09. The van der Waals surface area contributed by atoms with Crippen molar-refractivity contribution in [2.45, 2.75) is 32.9 Å². The van der Waals surface area contributed by atoms with E-state index in [0.717, 1.165) is 5.56 Å². The zero-order valence-electron chi connectivity index (χ0n) is 20.4. The molecule has 0 amide bonds. The van der Waals surface area contributed by atoms with Crippen LogP contribution in [0, 0.1) is 0 Å². The van der Waals surface area contributed by atoms with Gasteiger partial charge in [-0.3, -0.25) is 9.36 Å². The first-order valence-electron chi connectivity index (χ1n) is 11.4. The van der Waals surface area contributed by atoms with E-state index >= 15 is 0 Å². The van der Waals surface area contributed by atoms with E-state index in [0.29, 0.717) is 31.9 Å². The Hall–Kier alpha value is -3.98. The summed E-state index contributed by atoms with van der Waals surface area (Å²) in [5.74, 6) is -0.514. The number of nitrogens with zero attached hydrogens (tertiary/aromatic N) is 2. The van der Waals surface area contributed by atoms with Gasteiger partial charge in [0.05, 0.1) is 35.1 Å². The van der Waals surface area contributed by atoms with Crippen LogP contribution in [0.1, 0.15) is 37.9 Å². The molecule has 4 rings (SSSR count). The van der Waals surface area contributed by atoms with Crippen LogP contribution >= 0.6 is 11.3 Å². The second-order valence-electron chi connectivity index (χ2n) is 8.38. The molecule has 0 N–H and O–H groups in total. The van der Waals surface area contributed by atoms with E-state index in [1.54, 1.807) is 49.6 Å². The molecule has 186 valence electrons. The Kier molecular flexibility index (Phi) is 7.49. The number of benzene rings is 2. The van der Waals surface area contributed by atoms with E-state index in [-0.39, 0.29) is 18.3 Å². The summed E-state index contributed by atoms with van der Waals surface area (Å²) in [4.78, 5) is 43.2. The molecule has 1 aliphatic heterocycles. The molecule has 0 saturated carbocycles. The molecular weight excluding hydrogens is 480 g/mol.